The van der Waals surface area contributed by atoms with Gasteiger partial charge in [0.1, 0.15) is 11.2 Å². The van der Waals surface area contributed by atoms with Crippen molar-refractivity contribution in [2.24, 2.45) is 5.41 Å². The van der Waals surface area contributed by atoms with Gasteiger partial charge in [-0.2, -0.15) is 5.10 Å². The zero-order chi connectivity index (χ0) is 24.9. The maximum absolute atomic E-state index is 12.4. The molecule has 0 aliphatic heterocycles. The number of aromatic nitrogens is 6. The van der Waals surface area contributed by atoms with E-state index >= 15 is 0 Å². The molecule has 0 aliphatic rings. The zero-order valence-electron chi connectivity index (χ0n) is 20.0. The number of rotatable bonds is 4. The molecule has 178 valence electrons. The summed E-state index contributed by atoms with van der Waals surface area (Å²) in [4.78, 5) is 30.6. The Labute approximate surface area is 210 Å². The van der Waals surface area contributed by atoms with Crippen LogP contribution in [0.2, 0.25) is 0 Å². The van der Waals surface area contributed by atoms with Gasteiger partial charge in [-0.3, -0.25) is 14.9 Å². The van der Waals surface area contributed by atoms with Crippen LogP contribution in [0, 0.1) is 5.41 Å². The predicted octanol–water partition coefficient (Wildman–Crippen LogP) is 6.28. The van der Waals surface area contributed by atoms with Gasteiger partial charge in [-0.1, -0.05) is 32.9 Å². The van der Waals surface area contributed by atoms with Crippen LogP contribution < -0.4 is 5.32 Å². The molecule has 0 saturated heterocycles. The van der Waals surface area contributed by atoms with Crippen molar-refractivity contribution < 1.29 is 4.79 Å². The zero-order valence-corrected chi connectivity index (χ0v) is 20.8. The fraction of sp³-hybridized carbons (Fsp3) is 0.148. The smallest absolute Gasteiger partial charge is 0.229 e. The van der Waals surface area contributed by atoms with Crippen LogP contribution in [0.1, 0.15) is 20.8 Å². The molecule has 0 bridgehead atoms. The summed E-state index contributed by atoms with van der Waals surface area (Å²) in [6, 6.07) is 14.1. The summed E-state index contributed by atoms with van der Waals surface area (Å²) in [6.45, 7) is 5.64. The first-order valence-electron chi connectivity index (χ1n) is 11.5. The number of carbonyl (C=O) groups excluding carboxylic acids is 1. The summed E-state index contributed by atoms with van der Waals surface area (Å²) >= 11 is 1.67. The quantitative estimate of drug-likeness (QED) is 0.268. The standard InChI is InChI=1S/C27H23N7OS/c1-27(2,3)26(35)30-17-11-16(13-28-14-17)15-6-7-20-19(12-15)23(34-33-20)25-31-22-18(21-5-4-10-36-21)8-9-29-24(22)32-25/h4-14H,1-3H3,(H,30,35)(H,33,34)(H,29,31,32). The van der Waals surface area contributed by atoms with Crippen molar-refractivity contribution in [3.8, 4) is 33.1 Å². The van der Waals surface area contributed by atoms with E-state index < -0.39 is 5.41 Å². The van der Waals surface area contributed by atoms with Gasteiger partial charge in [-0.25, -0.2) is 9.97 Å². The van der Waals surface area contributed by atoms with Crippen molar-refractivity contribution in [1.82, 2.24) is 30.1 Å². The number of pyridine rings is 2. The number of hydrogen-bond acceptors (Lipinski definition) is 6. The first kappa shape index (κ1) is 22.1. The SMILES string of the molecule is CC(C)(C)C(=O)Nc1cncc(-c2ccc3[nH]nc(-c4nc5c(-c6cccs6)ccnc5[nH]4)c3c2)c1. The number of imidazole rings is 1. The highest BCUT2D eigenvalue weighted by Crippen LogP contribution is 2.34. The van der Waals surface area contributed by atoms with E-state index in [0.717, 1.165) is 43.6 Å². The molecule has 0 unspecified atom stereocenters. The summed E-state index contributed by atoms with van der Waals surface area (Å²) in [7, 11) is 0. The van der Waals surface area contributed by atoms with Crippen LogP contribution in [-0.2, 0) is 4.79 Å². The van der Waals surface area contributed by atoms with E-state index in [9.17, 15) is 4.79 Å². The Balaban J connectivity index is 1.40. The number of nitrogens with one attached hydrogen (secondary N) is 3. The van der Waals surface area contributed by atoms with Crippen molar-refractivity contribution in [3.05, 3.63) is 66.4 Å². The molecule has 8 nitrogen and oxygen atoms in total. The molecule has 0 radical (unpaired) electrons. The van der Waals surface area contributed by atoms with Crippen molar-refractivity contribution in [1.29, 1.82) is 0 Å². The Hall–Kier alpha value is -4.37. The minimum atomic E-state index is -0.495. The van der Waals surface area contributed by atoms with Crippen LogP contribution in [0.5, 0.6) is 0 Å². The molecule has 5 heterocycles. The van der Waals surface area contributed by atoms with E-state index in [1.54, 1.807) is 29.9 Å². The van der Waals surface area contributed by atoms with Gasteiger partial charge in [0.2, 0.25) is 5.91 Å². The van der Waals surface area contributed by atoms with Crippen LogP contribution in [-0.4, -0.2) is 36.0 Å². The van der Waals surface area contributed by atoms with Crippen molar-refractivity contribution >= 4 is 45.0 Å². The molecule has 1 amide bonds. The Morgan fingerprint density at radius 1 is 1.06 bits per heavy atom. The van der Waals surface area contributed by atoms with Gasteiger partial charge in [-0.15, -0.1) is 11.3 Å². The molecule has 5 aromatic heterocycles. The van der Waals surface area contributed by atoms with E-state index in [-0.39, 0.29) is 5.91 Å². The van der Waals surface area contributed by atoms with E-state index in [1.165, 1.54) is 0 Å². The minimum Gasteiger partial charge on any atom is -0.324 e. The lowest BCUT2D eigenvalue weighted by Crippen LogP contribution is -2.27. The highest BCUT2D eigenvalue weighted by Gasteiger charge is 2.21. The highest BCUT2D eigenvalue weighted by molar-refractivity contribution is 7.13. The van der Waals surface area contributed by atoms with E-state index in [4.69, 9.17) is 4.98 Å². The van der Waals surface area contributed by atoms with E-state index in [1.807, 2.05) is 51.1 Å². The number of carbonyl (C=O) groups is 1. The lowest BCUT2D eigenvalue weighted by atomic mass is 9.95. The summed E-state index contributed by atoms with van der Waals surface area (Å²) in [5, 5.41) is 13.6. The summed E-state index contributed by atoms with van der Waals surface area (Å²) < 4.78 is 0. The molecule has 0 saturated carbocycles. The molecule has 0 fully saturated rings. The molecule has 36 heavy (non-hydrogen) atoms. The molecule has 3 N–H and O–H groups in total. The number of hydrogen-bond donors (Lipinski definition) is 3. The topological polar surface area (TPSA) is 112 Å². The summed E-state index contributed by atoms with van der Waals surface area (Å²) in [6.07, 6.45) is 5.23. The molecule has 1 aromatic carbocycles. The largest absolute Gasteiger partial charge is 0.324 e. The normalized spacial score (nSPS) is 11.9. The second-order valence-corrected chi connectivity index (χ2v) is 10.6. The van der Waals surface area contributed by atoms with Crippen LogP contribution in [0.15, 0.2) is 66.4 Å². The first-order chi connectivity index (χ1) is 17.4. The van der Waals surface area contributed by atoms with Crippen molar-refractivity contribution in [2.45, 2.75) is 20.8 Å². The molecular weight excluding hydrogens is 470 g/mol. The molecule has 0 atom stereocenters. The number of thiophene rings is 1. The summed E-state index contributed by atoms with van der Waals surface area (Å²) in [5.41, 5.74) is 6.19. The predicted molar refractivity (Wildman–Crippen MR) is 144 cm³/mol. The first-order valence-corrected chi connectivity index (χ1v) is 12.4. The number of H-pyrrole nitrogens is 2. The van der Waals surface area contributed by atoms with Gasteiger partial charge >= 0.3 is 0 Å². The monoisotopic (exact) mass is 493 g/mol. The molecule has 0 aliphatic carbocycles. The lowest BCUT2D eigenvalue weighted by Gasteiger charge is -2.17. The van der Waals surface area contributed by atoms with E-state index in [0.29, 0.717) is 17.2 Å². The van der Waals surface area contributed by atoms with E-state index in [2.05, 4.69) is 48.0 Å². The number of amides is 1. The molecular formula is C27H23N7OS. The average Bonchev–Trinajstić information content (AvgIpc) is 3.62. The average molecular weight is 494 g/mol. The maximum atomic E-state index is 12.4. The number of nitrogens with zero attached hydrogens (tertiary/aromatic N) is 4. The Morgan fingerprint density at radius 2 is 1.94 bits per heavy atom. The van der Waals surface area contributed by atoms with Gasteiger partial charge in [-0.05, 0) is 41.3 Å². The number of anilines is 1. The Kier molecular flexibility index (Phi) is 5.15. The number of fused-ring (bicyclic) bond motifs is 2. The third-order valence-electron chi connectivity index (χ3n) is 5.97. The Bertz CT molecular complexity index is 1720. The second-order valence-electron chi connectivity index (χ2n) is 9.62. The fourth-order valence-electron chi connectivity index (χ4n) is 4.01. The number of aromatic amines is 2. The van der Waals surface area contributed by atoms with Crippen LogP contribution in [0.3, 0.4) is 0 Å². The van der Waals surface area contributed by atoms with Crippen molar-refractivity contribution in [3.63, 3.8) is 0 Å². The van der Waals surface area contributed by atoms with Gasteiger partial charge in [0, 0.05) is 39.2 Å². The third-order valence-corrected chi connectivity index (χ3v) is 6.87. The third kappa shape index (κ3) is 3.93. The summed E-state index contributed by atoms with van der Waals surface area (Å²) in [5.74, 6) is 0.587. The minimum absolute atomic E-state index is 0.0607. The molecule has 0 spiro atoms. The second kappa shape index (κ2) is 8.39. The molecule has 6 aromatic rings. The van der Waals surface area contributed by atoms with Gasteiger partial charge in [0.25, 0.3) is 0 Å². The lowest BCUT2D eigenvalue weighted by molar-refractivity contribution is -0.123. The fourth-order valence-corrected chi connectivity index (χ4v) is 4.76. The van der Waals surface area contributed by atoms with Crippen LogP contribution in [0.4, 0.5) is 5.69 Å². The highest BCUT2D eigenvalue weighted by atomic mass is 32.1. The maximum Gasteiger partial charge on any atom is 0.229 e. The van der Waals surface area contributed by atoms with Gasteiger partial charge < -0.3 is 10.3 Å². The molecule has 6 rings (SSSR count). The Morgan fingerprint density at radius 3 is 2.75 bits per heavy atom. The van der Waals surface area contributed by atoms with Crippen LogP contribution >= 0.6 is 11.3 Å². The van der Waals surface area contributed by atoms with Gasteiger partial charge in [0.15, 0.2) is 11.5 Å². The van der Waals surface area contributed by atoms with Crippen molar-refractivity contribution in [2.75, 3.05) is 5.32 Å². The molecule has 9 heteroatoms. The van der Waals surface area contributed by atoms with Gasteiger partial charge in [0.05, 0.1) is 17.4 Å². The van der Waals surface area contributed by atoms with Crippen LogP contribution in [0.25, 0.3) is 55.2 Å². The number of benzene rings is 1.